The van der Waals surface area contributed by atoms with Crippen molar-refractivity contribution < 1.29 is 18.7 Å². The van der Waals surface area contributed by atoms with E-state index >= 15 is 0 Å². The van der Waals surface area contributed by atoms with Gasteiger partial charge in [-0.3, -0.25) is 9.78 Å². The van der Waals surface area contributed by atoms with Gasteiger partial charge in [-0.2, -0.15) is 0 Å². The van der Waals surface area contributed by atoms with Crippen molar-refractivity contribution in [3.05, 3.63) is 70.1 Å². The van der Waals surface area contributed by atoms with Gasteiger partial charge < -0.3 is 10.1 Å². The van der Waals surface area contributed by atoms with Gasteiger partial charge in [-0.1, -0.05) is 29.8 Å². The summed E-state index contributed by atoms with van der Waals surface area (Å²) in [6, 6.07) is 11.1. The molecule has 0 fully saturated rings. The molecule has 0 radical (unpaired) electrons. The summed E-state index contributed by atoms with van der Waals surface area (Å²) >= 11 is 5.91. The van der Waals surface area contributed by atoms with Crippen molar-refractivity contribution in [1.29, 1.82) is 0 Å². The molecule has 0 unspecified atom stereocenters. The number of halogens is 2. The molecule has 0 saturated heterocycles. The van der Waals surface area contributed by atoms with Crippen LogP contribution in [0.3, 0.4) is 0 Å². The minimum Gasteiger partial charge on any atom is -0.449 e. The molecule has 1 heterocycles. The lowest BCUT2D eigenvalue weighted by molar-refractivity contribution is -0.123. The number of carbonyl (C=O) groups excluding carboxylic acids is 2. The number of aryl methyl sites for hydroxylation is 2. The summed E-state index contributed by atoms with van der Waals surface area (Å²) in [6.45, 7) is 4.99. The van der Waals surface area contributed by atoms with Crippen molar-refractivity contribution in [2.75, 3.05) is 5.32 Å². The first-order chi connectivity index (χ1) is 13.3. The summed E-state index contributed by atoms with van der Waals surface area (Å²) in [5.41, 5.74) is 2.61. The van der Waals surface area contributed by atoms with Gasteiger partial charge in [0.05, 0.1) is 27.5 Å². The molecule has 1 aromatic heterocycles. The van der Waals surface area contributed by atoms with Gasteiger partial charge in [0, 0.05) is 5.39 Å². The van der Waals surface area contributed by atoms with Crippen molar-refractivity contribution in [2.24, 2.45) is 0 Å². The molecule has 0 saturated carbocycles. The number of fused-ring (bicyclic) bond motifs is 1. The summed E-state index contributed by atoms with van der Waals surface area (Å²) in [4.78, 5) is 29.5. The van der Waals surface area contributed by atoms with E-state index in [0.717, 1.165) is 22.5 Å². The minimum atomic E-state index is -1.08. The van der Waals surface area contributed by atoms with Crippen LogP contribution in [-0.4, -0.2) is 23.0 Å². The molecule has 0 aliphatic rings. The summed E-state index contributed by atoms with van der Waals surface area (Å²) in [5.74, 6) is -1.73. The Morgan fingerprint density at radius 2 is 1.89 bits per heavy atom. The second-order valence-corrected chi connectivity index (χ2v) is 6.78. The number of nitrogens with zero attached hydrogens (tertiary/aromatic N) is 1. The van der Waals surface area contributed by atoms with E-state index in [2.05, 4.69) is 10.3 Å². The molecule has 2 aromatic carbocycles. The van der Waals surface area contributed by atoms with Gasteiger partial charge in [-0.25, -0.2) is 9.18 Å². The van der Waals surface area contributed by atoms with E-state index in [1.54, 1.807) is 6.92 Å². The number of pyridine rings is 1. The third-order valence-electron chi connectivity index (χ3n) is 4.38. The molecule has 0 spiro atoms. The molecule has 0 aliphatic carbocycles. The number of hydrogen-bond donors (Lipinski definition) is 1. The van der Waals surface area contributed by atoms with E-state index in [0.29, 0.717) is 11.3 Å². The van der Waals surface area contributed by atoms with Crippen molar-refractivity contribution in [3.8, 4) is 0 Å². The Hall–Kier alpha value is -2.99. The smallest absolute Gasteiger partial charge is 0.341 e. The number of benzene rings is 2. The van der Waals surface area contributed by atoms with Gasteiger partial charge >= 0.3 is 5.97 Å². The summed E-state index contributed by atoms with van der Waals surface area (Å²) in [6.07, 6.45) is -1.08. The van der Waals surface area contributed by atoms with Gasteiger partial charge in [0.1, 0.15) is 5.82 Å². The van der Waals surface area contributed by atoms with Gasteiger partial charge in [-0.15, -0.1) is 0 Å². The Labute approximate surface area is 166 Å². The number of nitrogens with one attached hydrogen (secondary N) is 1. The highest BCUT2D eigenvalue weighted by molar-refractivity contribution is 6.33. The Morgan fingerprint density at radius 3 is 2.61 bits per heavy atom. The number of aromatic nitrogens is 1. The SMILES string of the molecule is Cc1nc2ccccc2c(C)c1C(=O)O[C@@H](C)C(=O)Nc1ccc(F)cc1Cl. The van der Waals surface area contributed by atoms with Crippen LogP contribution in [0.5, 0.6) is 0 Å². The lowest BCUT2D eigenvalue weighted by Crippen LogP contribution is -2.30. The number of para-hydroxylation sites is 1. The molecular weight excluding hydrogens is 383 g/mol. The Bertz CT molecular complexity index is 1080. The fourth-order valence-electron chi connectivity index (χ4n) is 2.93. The third kappa shape index (κ3) is 3.97. The van der Waals surface area contributed by atoms with Gasteiger partial charge in [0.15, 0.2) is 6.10 Å². The number of carbonyl (C=O) groups is 2. The van der Waals surface area contributed by atoms with Gasteiger partial charge in [0.2, 0.25) is 0 Å². The molecule has 1 amide bonds. The summed E-state index contributed by atoms with van der Waals surface area (Å²) in [7, 11) is 0. The van der Waals surface area contributed by atoms with E-state index < -0.39 is 23.8 Å². The van der Waals surface area contributed by atoms with Crippen molar-refractivity contribution in [3.63, 3.8) is 0 Å². The fourth-order valence-corrected chi connectivity index (χ4v) is 3.14. The molecule has 1 N–H and O–H groups in total. The van der Waals surface area contributed by atoms with Crippen LogP contribution in [0.4, 0.5) is 10.1 Å². The molecule has 3 rings (SSSR count). The minimum absolute atomic E-state index is 0.0531. The van der Waals surface area contributed by atoms with Crippen molar-refractivity contribution in [1.82, 2.24) is 4.98 Å². The zero-order valence-electron chi connectivity index (χ0n) is 15.5. The zero-order chi connectivity index (χ0) is 20.4. The lowest BCUT2D eigenvalue weighted by Gasteiger charge is -2.16. The highest BCUT2D eigenvalue weighted by atomic mass is 35.5. The number of rotatable bonds is 4. The number of amides is 1. The molecule has 7 heteroatoms. The van der Waals surface area contributed by atoms with Crippen LogP contribution >= 0.6 is 11.6 Å². The first-order valence-corrected chi connectivity index (χ1v) is 8.98. The Kier molecular flexibility index (Phi) is 5.61. The largest absolute Gasteiger partial charge is 0.449 e. The van der Waals surface area contributed by atoms with Crippen LogP contribution in [0.15, 0.2) is 42.5 Å². The van der Waals surface area contributed by atoms with Crippen LogP contribution < -0.4 is 5.32 Å². The van der Waals surface area contributed by atoms with Crippen LogP contribution in [0.25, 0.3) is 10.9 Å². The van der Waals surface area contributed by atoms with Gasteiger partial charge in [0.25, 0.3) is 5.91 Å². The predicted molar refractivity (Wildman–Crippen MR) is 106 cm³/mol. The maximum atomic E-state index is 13.1. The normalized spacial score (nSPS) is 11.9. The predicted octanol–water partition coefficient (Wildman–Crippen LogP) is 4.83. The number of esters is 1. The Balaban J connectivity index is 1.79. The molecule has 28 heavy (non-hydrogen) atoms. The highest BCUT2D eigenvalue weighted by Crippen LogP contribution is 2.25. The Morgan fingerprint density at radius 1 is 1.18 bits per heavy atom. The number of anilines is 1. The van der Waals surface area contributed by atoms with Crippen LogP contribution in [0.2, 0.25) is 5.02 Å². The maximum absolute atomic E-state index is 13.1. The van der Waals surface area contributed by atoms with E-state index in [1.165, 1.54) is 19.1 Å². The van der Waals surface area contributed by atoms with Crippen molar-refractivity contribution in [2.45, 2.75) is 26.9 Å². The lowest BCUT2D eigenvalue weighted by atomic mass is 10.0. The summed E-state index contributed by atoms with van der Waals surface area (Å²) in [5, 5.41) is 3.42. The first kappa shape index (κ1) is 19.8. The first-order valence-electron chi connectivity index (χ1n) is 8.60. The third-order valence-corrected chi connectivity index (χ3v) is 4.69. The fraction of sp³-hybridized carbons (Fsp3) is 0.190. The van der Waals surface area contributed by atoms with Crippen molar-refractivity contribution >= 4 is 40.1 Å². The molecule has 0 bridgehead atoms. The number of ether oxygens (including phenoxy) is 1. The molecule has 144 valence electrons. The quantitative estimate of drug-likeness (QED) is 0.637. The van der Waals surface area contributed by atoms with E-state index in [4.69, 9.17) is 16.3 Å². The maximum Gasteiger partial charge on any atom is 0.341 e. The number of hydrogen-bond acceptors (Lipinski definition) is 4. The topological polar surface area (TPSA) is 68.3 Å². The average molecular weight is 401 g/mol. The van der Waals surface area contributed by atoms with E-state index in [9.17, 15) is 14.0 Å². The van der Waals surface area contributed by atoms with E-state index in [1.807, 2.05) is 31.2 Å². The summed E-state index contributed by atoms with van der Waals surface area (Å²) < 4.78 is 18.5. The second kappa shape index (κ2) is 7.94. The standard InChI is InChI=1S/C21H18ClFN2O3/c1-11-15-6-4-5-7-17(15)24-12(2)19(11)21(27)28-13(3)20(26)25-18-9-8-14(23)10-16(18)22/h4-10,13H,1-3H3,(H,25,26)/t13-/m0/s1. The second-order valence-electron chi connectivity index (χ2n) is 6.38. The van der Waals surface area contributed by atoms with Crippen LogP contribution in [0.1, 0.15) is 28.5 Å². The van der Waals surface area contributed by atoms with E-state index in [-0.39, 0.29) is 10.7 Å². The van der Waals surface area contributed by atoms with Crippen LogP contribution in [0, 0.1) is 19.7 Å². The molecule has 1 atom stereocenters. The molecule has 5 nitrogen and oxygen atoms in total. The molecule has 0 aliphatic heterocycles. The average Bonchev–Trinajstić information content (AvgIpc) is 2.63. The zero-order valence-corrected chi connectivity index (χ0v) is 16.3. The molecule has 3 aromatic rings. The van der Waals surface area contributed by atoms with Gasteiger partial charge in [-0.05, 0) is 50.6 Å². The monoisotopic (exact) mass is 400 g/mol. The highest BCUT2D eigenvalue weighted by Gasteiger charge is 2.23. The van der Waals surface area contributed by atoms with Crippen LogP contribution in [-0.2, 0) is 9.53 Å². The molecular formula is C21H18ClFN2O3.